The molecule has 0 radical (unpaired) electrons. The van der Waals surface area contributed by atoms with E-state index >= 15 is 0 Å². The summed E-state index contributed by atoms with van der Waals surface area (Å²) in [6, 6.07) is 15.9. The number of Topliss-reactive ketones (excluding diaryl/α,β-unsaturated/α-hetero) is 1. The predicted molar refractivity (Wildman–Crippen MR) is 83.9 cm³/mol. The van der Waals surface area contributed by atoms with Crippen LogP contribution in [0.3, 0.4) is 0 Å². The summed E-state index contributed by atoms with van der Waals surface area (Å²) in [7, 11) is 0. The van der Waals surface area contributed by atoms with Crippen molar-refractivity contribution in [1.29, 1.82) is 0 Å². The molecule has 0 saturated heterocycles. The van der Waals surface area contributed by atoms with Crippen LogP contribution in [-0.4, -0.2) is 11.8 Å². The maximum Gasteiger partial charge on any atom is 0.131 e. The Morgan fingerprint density at radius 3 is 2.45 bits per heavy atom. The summed E-state index contributed by atoms with van der Waals surface area (Å²) in [5.74, 6) is 0.132. The number of hydrogen-bond acceptors (Lipinski definition) is 2. The van der Waals surface area contributed by atoms with E-state index in [0.717, 1.165) is 28.1 Å². The third-order valence-electron chi connectivity index (χ3n) is 3.16. The molecule has 0 fully saturated rings. The number of carbonyl (C=O) groups is 1. The van der Waals surface area contributed by atoms with Gasteiger partial charge in [0.2, 0.25) is 0 Å². The highest BCUT2D eigenvalue weighted by atomic mass is 35.5. The summed E-state index contributed by atoms with van der Waals surface area (Å²) < 4.78 is 0. The van der Waals surface area contributed by atoms with E-state index in [-0.39, 0.29) is 11.8 Å². The highest BCUT2D eigenvalue weighted by Crippen LogP contribution is 2.23. The van der Waals surface area contributed by atoms with Gasteiger partial charge in [0.25, 0.3) is 0 Å². The van der Waals surface area contributed by atoms with E-state index in [9.17, 15) is 4.79 Å². The zero-order valence-electron chi connectivity index (χ0n) is 11.5. The molecule has 2 N–H and O–H groups in total. The number of halogens is 1. The largest absolute Gasteiger partial charge is 0.327 e. The van der Waals surface area contributed by atoms with Crippen LogP contribution in [0.4, 0.5) is 0 Å². The first-order valence-corrected chi connectivity index (χ1v) is 7.02. The summed E-state index contributed by atoms with van der Waals surface area (Å²) in [5.41, 5.74) is 9.30. The molecular weight excluding hydrogens is 270 g/mol. The van der Waals surface area contributed by atoms with Gasteiger partial charge in [0, 0.05) is 17.5 Å². The fourth-order valence-corrected chi connectivity index (χ4v) is 2.44. The summed E-state index contributed by atoms with van der Waals surface area (Å²) in [6.45, 7) is 1.57. The molecule has 2 aromatic rings. The molecule has 0 amide bonds. The third kappa shape index (κ3) is 4.19. The van der Waals surface area contributed by atoms with Crippen LogP contribution in [0.5, 0.6) is 0 Å². The second-order valence-corrected chi connectivity index (χ2v) is 5.51. The average molecular weight is 288 g/mol. The first kappa shape index (κ1) is 14.8. The van der Waals surface area contributed by atoms with Crippen LogP contribution >= 0.6 is 11.6 Å². The minimum atomic E-state index is -0.107. The lowest BCUT2D eigenvalue weighted by molar-refractivity contribution is -0.117. The number of ketones is 1. The predicted octanol–water partition coefficient (Wildman–Crippen LogP) is 3.86. The van der Waals surface area contributed by atoms with Gasteiger partial charge >= 0.3 is 0 Å². The van der Waals surface area contributed by atoms with Gasteiger partial charge in [-0.25, -0.2) is 0 Å². The molecule has 3 heteroatoms. The van der Waals surface area contributed by atoms with Crippen molar-refractivity contribution in [2.24, 2.45) is 5.73 Å². The first-order chi connectivity index (χ1) is 9.54. The molecule has 104 valence electrons. The maximum absolute atomic E-state index is 11.0. The van der Waals surface area contributed by atoms with Crippen molar-refractivity contribution in [1.82, 2.24) is 0 Å². The lowest BCUT2D eigenvalue weighted by Crippen LogP contribution is -2.25. The molecule has 0 spiro atoms. The minimum Gasteiger partial charge on any atom is -0.327 e. The second-order valence-electron chi connectivity index (χ2n) is 5.08. The fourth-order valence-electron chi connectivity index (χ4n) is 2.25. The van der Waals surface area contributed by atoms with E-state index in [2.05, 4.69) is 24.3 Å². The third-order valence-corrected chi connectivity index (χ3v) is 3.39. The van der Waals surface area contributed by atoms with Crippen LogP contribution in [-0.2, 0) is 11.2 Å². The highest BCUT2D eigenvalue weighted by Gasteiger charge is 2.07. The number of rotatable bonds is 5. The molecule has 0 aliphatic heterocycles. The van der Waals surface area contributed by atoms with Crippen molar-refractivity contribution in [3.8, 4) is 11.1 Å². The smallest absolute Gasteiger partial charge is 0.131 e. The van der Waals surface area contributed by atoms with Gasteiger partial charge in [-0.05, 0) is 42.2 Å². The van der Waals surface area contributed by atoms with Crippen molar-refractivity contribution in [2.45, 2.75) is 25.8 Å². The Balaban J connectivity index is 2.08. The molecule has 1 atom stereocenters. The first-order valence-electron chi connectivity index (χ1n) is 6.64. The molecule has 0 aliphatic rings. The van der Waals surface area contributed by atoms with E-state index in [0.29, 0.717) is 6.42 Å². The van der Waals surface area contributed by atoms with Crippen LogP contribution in [0.1, 0.15) is 18.9 Å². The zero-order valence-corrected chi connectivity index (χ0v) is 12.2. The Kier molecular flexibility index (Phi) is 4.94. The van der Waals surface area contributed by atoms with Gasteiger partial charge in [-0.2, -0.15) is 0 Å². The molecule has 0 heterocycles. The molecule has 0 bridgehead atoms. The van der Waals surface area contributed by atoms with Gasteiger partial charge in [-0.3, -0.25) is 4.79 Å². The zero-order chi connectivity index (χ0) is 14.5. The van der Waals surface area contributed by atoms with E-state index < -0.39 is 0 Å². The summed E-state index contributed by atoms with van der Waals surface area (Å²) in [6.07, 6.45) is 1.14. The second kappa shape index (κ2) is 6.69. The molecule has 2 nitrogen and oxygen atoms in total. The highest BCUT2D eigenvalue weighted by molar-refractivity contribution is 6.30. The number of carbonyl (C=O) groups excluding carboxylic acids is 1. The van der Waals surface area contributed by atoms with Gasteiger partial charge in [-0.15, -0.1) is 0 Å². The van der Waals surface area contributed by atoms with Crippen LogP contribution in [0.15, 0.2) is 48.5 Å². The van der Waals surface area contributed by atoms with Gasteiger partial charge in [0.1, 0.15) is 5.78 Å². The lowest BCUT2D eigenvalue weighted by atomic mass is 9.99. The average Bonchev–Trinajstić information content (AvgIpc) is 2.38. The summed E-state index contributed by atoms with van der Waals surface area (Å²) >= 11 is 5.99. The number of benzene rings is 2. The normalized spacial score (nSPS) is 12.2. The maximum atomic E-state index is 11.0. The Labute approximate surface area is 124 Å². The van der Waals surface area contributed by atoms with Gasteiger partial charge in [0.15, 0.2) is 0 Å². The van der Waals surface area contributed by atoms with Crippen LogP contribution in [0.2, 0.25) is 5.02 Å². The topological polar surface area (TPSA) is 43.1 Å². The Morgan fingerprint density at radius 1 is 1.15 bits per heavy atom. The van der Waals surface area contributed by atoms with Crippen molar-refractivity contribution in [3.05, 3.63) is 59.1 Å². The quantitative estimate of drug-likeness (QED) is 0.907. The van der Waals surface area contributed by atoms with Crippen molar-refractivity contribution in [2.75, 3.05) is 0 Å². The molecule has 0 saturated carbocycles. The van der Waals surface area contributed by atoms with E-state index in [1.54, 1.807) is 6.92 Å². The fraction of sp³-hybridized carbons (Fsp3) is 0.235. The molecule has 0 unspecified atom stereocenters. The van der Waals surface area contributed by atoms with E-state index in [1.165, 1.54) is 0 Å². The van der Waals surface area contributed by atoms with Crippen molar-refractivity contribution < 1.29 is 4.79 Å². The lowest BCUT2D eigenvalue weighted by Gasteiger charge is -2.10. The van der Waals surface area contributed by atoms with Crippen LogP contribution < -0.4 is 5.73 Å². The summed E-state index contributed by atoms with van der Waals surface area (Å²) in [5, 5.41) is 0.732. The Morgan fingerprint density at radius 2 is 1.85 bits per heavy atom. The van der Waals surface area contributed by atoms with Crippen molar-refractivity contribution >= 4 is 17.4 Å². The molecule has 2 rings (SSSR count). The standard InChI is InChI=1S/C17H18ClNO/c1-12(20)9-17(19)10-13-5-7-14(8-6-13)15-3-2-4-16(18)11-15/h2-8,11,17H,9-10,19H2,1H3/t17-/m0/s1. The molecule has 0 aliphatic carbocycles. The van der Waals surface area contributed by atoms with Crippen LogP contribution in [0, 0.1) is 0 Å². The van der Waals surface area contributed by atoms with E-state index in [1.807, 2.05) is 24.3 Å². The van der Waals surface area contributed by atoms with Gasteiger partial charge < -0.3 is 5.73 Å². The number of nitrogens with two attached hydrogens (primary N) is 1. The monoisotopic (exact) mass is 287 g/mol. The Bertz CT molecular complexity index is 592. The van der Waals surface area contributed by atoms with Gasteiger partial charge in [-0.1, -0.05) is 48.0 Å². The molecular formula is C17H18ClNO. The SMILES string of the molecule is CC(=O)C[C@H](N)Cc1ccc(-c2cccc(Cl)c2)cc1. The van der Waals surface area contributed by atoms with Crippen LogP contribution in [0.25, 0.3) is 11.1 Å². The van der Waals surface area contributed by atoms with Gasteiger partial charge in [0.05, 0.1) is 0 Å². The molecule has 0 aromatic heterocycles. The summed E-state index contributed by atoms with van der Waals surface area (Å²) in [4.78, 5) is 11.0. The van der Waals surface area contributed by atoms with E-state index in [4.69, 9.17) is 17.3 Å². The van der Waals surface area contributed by atoms with Crippen molar-refractivity contribution in [3.63, 3.8) is 0 Å². The Hall–Kier alpha value is -1.64. The molecule has 2 aromatic carbocycles. The minimum absolute atomic E-state index is 0.107. The number of hydrogen-bond donors (Lipinski definition) is 1. The molecule has 20 heavy (non-hydrogen) atoms.